The molecule has 0 aromatic rings. The number of nitrogens with two attached hydrogens (primary N) is 1. The van der Waals surface area contributed by atoms with Crippen LogP contribution in [0.1, 0.15) is 19.8 Å². The van der Waals surface area contributed by atoms with Crippen LogP contribution in [-0.4, -0.2) is 41.6 Å². The molecule has 0 spiro atoms. The van der Waals surface area contributed by atoms with Gasteiger partial charge >= 0.3 is 186 Å². The summed E-state index contributed by atoms with van der Waals surface area (Å²) in [5.41, 5.74) is 5.14. The molecule has 0 rings (SSSR count). The fourth-order valence-electron chi connectivity index (χ4n) is 0.204. The third kappa shape index (κ3) is 1150. The second kappa shape index (κ2) is 36.8. The van der Waals surface area contributed by atoms with Crippen molar-refractivity contribution in [3.8, 4) is 0 Å². The Morgan fingerprint density at radius 2 is 0.686 bits per heavy atom. The summed E-state index contributed by atoms with van der Waals surface area (Å²) in [6.07, 6.45) is 2.39. The van der Waals surface area contributed by atoms with E-state index in [0.29, 0.717) is 0 Å². The summed E-state index contributed by atoms with van der Waals surface area (Å²) >= 11 is -12.3. The quantitative estimate of drug-likeness (QED) is 0.212. The van der Waals surface area contributed by atoms with Crippen molar-refractivity contribution >= 4 is 70.3 Å². The van der Waals surface area contributed by atoms with E-state index in [0.717, 1.165) is 6.54 Å². The monoisotopic (exact) mass is 1270 g/mol. The molecule has 0 aromatic carbocycles. The van der Waals surface area contributed by atoms with Gasteiger partial charge in [-0.05, 0) is 13.0 Å². The summed E-state index contributed by atoms with van der Waals surface area (Å²) in [5.74, 6) is 0. The molecule has 0 atom stereocenters. The Morgan fingerprint density at radius 3 is 0.686 bits per heavy atom. The van der Waals surface area contributed by atoms with Gasteiger partial charge in [0.2, 0.25) is 0 Å². The Balaban J connectivity index is -0.0000000320. The largest absolute Gasteiger partial charge is 0 e. The number of rotatable bonds is 2. The molecule has 0 amide bonds. The van der Waals surface area contributed by atoms with Crippen LogP contribution in [0, 0.1) is 40.4 Å². The maximum atomic E-state index is 9.18. The number of hydrogen-bond acceptors (Lipinski definition) is 12. The standard InChI is InChI=1S/C4H11N.C2H6O.5BrH.5Cr.5H2O.10O.Pm.Rh/c1-2-3-4-5;1-3-2;;;;;;;;;;;;;;;;;;;;;;;;;;;/h2-5H2,1H3;1-2H3;5*1H;;;;;;5*1H2;;;;;;;;;;;;/q;;;;;;;5*+2;;;;;;;;;;;;;;;;;/p-10. The van der Waals surface area contributed by atoms with E-state index in [1.54, 1.807) is 14.2 Å². The predicted octanol–water partition coefficient (Wildman–Crippen LogP) is 1.25. The maximum absolute atomic E-state index is 9.18. The van der Waals surface area contributed by atoms with Crippen LogP contribution in [0.15, 0.2) is 0 Å². The van der Waals surface area contributed by atoms with Crippen LogP contribution >= 0.6 is 70.3 Å². The van der Waals surface area contributed by atoms with Crippen molar-refractivity contribution in [1.82, 2.24) is 0 Å². The zero-order chi connectivity index (χ0) is 29.3. The third-order valence-corrected chi connectivity index (χ3v) is 0.558. The second-order valence-electron chi connectivity index (χ2n) is 3.61. The van der Waals surface area contributed by atoms with Gasteiger partial charge in [-0.3, -0.25) is 0 Å². The van der Waals surface area contributed by atoms with Gasteiger partial charge < -0.3 is 10.5 Å². The average Bonchev–Trinajstić information content (AvgIpc) is 2.29. The Labute approximate surface area is 291 Å². The molecule has 0 heterocycles. The molecule has 226 valence electrons. The summed E-state index contributed by atoms with van der Waals surface area (Å²) in [7, 11) is 3.25. The van der Waals surface area contributed by atoms with E-state index in [1.807, 2.05) is 70.3 Å². The molecule has 7 N–H and O–H groups in total. The van der Waals surface area contributed by atoms with Crippen molar-refractivity contribution in [2.45, 2.75) is 19.8 Å². The van der Waals surface area contributed by atoms with Crippen LogP contribution < -0.4 is 5.73 Å². The van der Waals surface area contributed by atoms with Crippen molar-refractivity contribution in [1.29, 1.82) is 0 Å². The van der Waals surface area contributed by atoms with Crippen LogP contribution in [0.2, 0.25) is 0 Å². The van der Waals surface area contributed by atoms with Gasteiger partial charge in [-0.15, -0.1) is 0 Å². The number of ether oxygens (including phenoxy) is 1. The first-order valence-electron chi connectivity index (χ1n) is 6.28. The summed E-state index contributed by atoms with van der Waals surface area (Å²) in [6, 6.07) is 0. The number of methoxy groups -OCH3 is 1. The van der Waals surface area contributed by atoms with Gasteiger partial charge in [0.1, 0.15) is 0 Å². The number of unbranched alkanes of at least 4 members (excludes halogenated alkanes) is 1. The third-order valence-electron chi connectivity index (χ3n) is 0.558. The summed E-state index contributed by atoms with van der Waals surface area (Å²) in [5, 5.41) is 0. The minimum atomic E-state index is -4.44. The van der Waals surface area contributed by atoms with E-state index < -0.39 is 57.3 Å². The molecule has 0 aliphatic rings. The van der Waals surface area contributed by atoms with Gasteiger partial charge in [0, 0.05) is 74.1 Å². The van der Waals surface area contributed by atoms with Gasteiger partial charge in [-0.2, -0.15) is 0 Å². The molecule has 2 radical (unpaired) electrons. The number of halogens is 5. The zero-order valence-corrected chi connectivity index (χ0v) is 36.0. The molecule has 0 unspecified atom stereocenters. The first kappa shape index (κ1) is 63.1. The van der Waals surface area contributed by atoms with E-state index in [4.69, 9.17) is 26.5 Å². The smallest absolute Gasteiger partial charge is 0 e. The molecule has 0 aromatic heterocycles. The molecule has 35 heavy (non-hydrogen) atoms. The van der Waals surface area contributed by atoms with Crippen molar-refractivity contribution in [2.75, 3.05) is 20.8 Å². The van der Waals surface area contributed by atoms with E-state index in [1.165, 1.54) is 12.8 Å². The predicted molar refractivity (Wildman–Crippen MR) is 99.5 cm³/mol. The van der Waals surface area contributed by atoms with Crippen LogP contribution in [0.4, 0.5) is 0 Å². The van der Waals surface area contributed by atoms with Gasteiger partial charge in [-0.25, -0.2) is 0 Å². The zero-order valence-electron chi connectivity index (χ0n) is 17.1. The summed E-state index contributed by atoms with van der Waals surface area (Å²) < 4.78 is 133. The molecule has 0 bridgehead atoms. The fraction of sp³-hybridized carbons (Fsp3) is 1.00. The second-order valence-corrected chi connectivity index (χ2v) is 26.9. The maximum Gasteiger partial charge on any atom is 0 e. The van der Waals surface area contributed by atoms with Gasteiger partial charge in [0.15, 0.2) is 0 Å². The van der Waals surface area contributed by atoms with Gasteiger partial charge in [0.05, 0.1) is 0 Å². The van der Waals surface area contributed by atoms with Crippen LogP contribution in [-0.2, 0) is 120 Å². The van der Waals surface area contributed by atoms with Gasteiger partial charge in [0.25, 0.3) is 0 Å². The molecule has 0 fully saturated rings. The van der Waals surface area contributed by atoms with Crippen molar-refractivity contribution in [3.63, 3.8) is 0 Å². The van der Waals surface area contributed by atoms with Crippen molar-refractivity contribution in [3.05, 3.63) is 0 Å². The number of hydrogen-bond donors (Lipinski definition) is 6. The van der Waals surface area contributed by atoms with Crippen LogP contribution in [0.5, 0.6) is 0 Å². The molecular formula is C6H22Br5Cr5NO16PmRh. The Kier molecular flexibility index (Phi) is 66.3. The average molecular weight is 1270 g/mol. The van der Waals surface area contributed by atoms with Crippen molar-refractivity contribution in [2.24, 2.45) is 5.73 Å². The fourth-order valence-corrected chi connectivity index (χ4v) is 0.204. The molecule has 0 aliphatic carbocycles. The van der Waals surface area contributed by atoms with Gasteiger partial charge in [-0.1, -0.05) is 13.3 Å². The van der Waals surface area contributed by atoms with E-state index in [9.17, 15) is 38.0 Å². The van der Waals surface area contributed by atoms with E-state index >= 15 is 0 Å². The van der Waals surface area contributed by atoms with Crippen molar-refractivity contribution < 1.29 is 181 Å². The first-order valence-corrected chi connectivity index (χ1v) is 30.1. The molecule has 0 saturated carbocycles. The van der Waals surface area contributed by atoms with Crippen LogP contribution in [0.25, 0.3) is 0 Å². The molecular weight excluding hydrogens is 1250 g/mol. The normalized spacial score (nSPS) is 10.0. The summed E-state index contributed by atoms with van der Waals surface area (Å²) in [4.78, 5) is 0. The SMILES string of the molecule is CCCCN.COC.[O]=[Cr](=[O])([OH])[Br].[O]=[Cr](=[O])([OH])[Br].[O]=[Cr](=[O])([OH])[Br].[O]=[Cr](=[O])([OH])[Br].[O]=[Cr](=[O])([OH])[Br].[Pm].[Rh]. The molecule has 0 aliphatic heterocycles. The minimum Gasteiger partial charge on any atom is 0 e. The summed E-state index contributed by atoms with van der Waals surface area (Å²) in [6.45, 7) is 2.98. The minimum absolute atomic E-state index is 0. The van der Waals surface area contributed by atoms with E-state index in [2.05, 4.69) is 11.7 Å². The van der Waals surface area contributed by atoms with Crippen LogP contribution in [0.3, 0.4) is 0 Å². The topological polar surface area (TPSA) is 307 Å². The molecule has 17 nitrogen and oxygen atoms in total. The molecule has 29 heteroatoms. The Morgan fingerprint density at radius 1 is 0.600 bits per heavy atom. The Bertz CT molecular complexity index is 727. The van der Waals surface area contributed by atoms with E-state index in [-0.39, 0.29) is 59.9 Å². The Hall–Kier alpha value is 4.74. The first-order chi connectivity index (χ1) is 13.8. The molecule has 0 saturated heterocycles.